The zero-order valence-electron chi connectivity index (χ0n) is 17.8. The van der Waals surface area contributed by atoms with E-state index >= 15 is 0 Å². The second-order valence-electron chi connectivity index (χ2n) is 8.26. The van der Waals surface area contributed by atoms with Crippen LogP contribution in [0.3, 0.4) is 0 Å². The minimum absolute atomic E-state index is 0.0410. The average Bonchev–Trinajstić information content (AvgIpc) is 3.07. The summed E-state index contributed by atoms with van der Waals surface area (Å²) in [5.74, 6) is 1.40. The van der Waals surface area contributed by atoms with E-state index in [4.69, 9.17) is 14.2 Å². The zero-order chi connectivity index (χ0) is 21.9. The van der Waals surface area contributed by atoms with Crippen LogP contribution in [0.4, 0.5) is 5.69 Å². The third kappa shape index (κ3) is 4.21. The van der Waals surface area contributed by atoms with Crippen LogP contribution in [0.2, 0.25) is 0 Å². The van der Waals surface area contributed by atoms with E-state index in [9.17, 15) is 9.59 Å². The van der Waals surface area contributed by atoms with Crippen molar-refractivity contribution in [2.45, 2.75) is 25.8 Å². The maximum Gasteiger partial charge on any atom is 0.258 e. The van der Waals surface area contributed by atoms with E-state index in [2.05, 4.69) is 5.32 Å². The SMILES string of the molecule is O=C(Nc1cccc2c(=O)n(CC3CCOCC3)ccc12)c1ccc2c(c1)OCCCO2. The van der Waals surface area contributed by atoms with Gasteiger partial charge in [0.15, 0.2) is 11.5 Å². The Kier molecular flexibility index (Phi) is 5.81. The summed E-state index contributed by atoms with van der Waals surface area (Å²) in [5, 5.41) is 4.27. The molecule has 1 aromatic heterocycles. The first-order chi connectivity index (χ1) is 15.7. The van der Waals surface area contributed by atoms with Crippen LogP contribution < -0.4 is 20.3 Å². The van der Waals surface area contributed by atoms with Gasteiger partial charge < -0.3 is 24.1 Å². The second kappa shape index (κ2) is 9.04. The van der Waals surface area contributed by atoms with Gasteiger partial charge in [-0.15, -0.1) is 0 Å². The van der Waals surface area contributed by atoms with E-state index in [0.717, 1.165) is 37.9 Å². The van der Waals surface area contributed by atoms with Gasteiger partial charge in [0.25, 0.3) is 11.5 Å². The molecule has 166 valence electrons. The number of carbonyl (C=O) groups is 1. The maximum absolute atomic E-state index is 13.1. The van der Waals surface area contributed by atoms with Crippen LogP contribution >= 0.6 is 0 Å². The Hall–Kier alpha value is -3.32. The van der Waals surface area contributed by atoms with Crippen molar-refractivity contribution in [3.05, 3.63) is 64.6 Å². The van der Waals surface area contributed by atoms with E-state index in [-0.39, 0.29) is 11.5 Å². The molecule has 1 amide bonds. The van der Waals surface area contributed by atoms with Crippen molar-refractivity contribution in [2.75, 3.05) is 31.7 Å². The van der Waals surface area contributed by atoms with Crippen molar-refractivity contribution in [1.29, 1.82) is 0 Å². The molecule has 0 saturated carbocycles. The third-order valence-corrected chi connectivity index (χ3v) is 6.07. The molecule has 32 heavy (non-hydrogen) atoms. The minimum Gasteiger partial charge on any atom is -0.490 e. The van der Waals surface area contributed by atoms with Crippen LogP contribution in [0.5, 0.6) is 11.5 Å². The third-order valence-electron chi connectivity index (χ3n) is 6.07. The predicted molar refractivity (Wildman–Crippen MR) is 122 cm³/mol. The molecule has 5 rings (SSSR count). The quantitative estimate of drug-likeness (QED) is 0.675. The number of hydrogen-bond donors (Lipinski definition) is 1. The Morgan fingerprint density at radius 2 is 1.78 bits per heavy atom. The molecule has 3 aromatic rings. The molecule has 1 fully saturated rings. The average molecular weight is 434 g/mol. The van der Waals surface area contributed by atoms with Crippen molar-refractivity contribution in [2.24, 2.45) is 5.92 Å². The molecule has 0 bridgehead atoms. The van der Waals surface area contributed by atoms with Gasteiger partial charge in [-0.05, 0) is 55.2 Å². The van der Waals surface area contributed by atoms with Gasteiger partial charge >= 0.3 is 0 Å². The van der Waals surface area contributed by atoms with Crippen molar-refractivity contribution in [3.8, 4) is 11.5 Å². The van der Waals surface area contributed by atoms with Gasteiger partial charge in [-0.3, -0.25) is 9.59 Å². The number of aromatic nitrogens is 1. The number of nitrogens with zero attached hydrogens (tertiary/aromatic N) is 1. The molecule has 7 nitrogen and oxygen atoms in total. The Morgan fingerprint density at radius 3 is 2.62 bits per heavy atom. The fourth-order valence-corrected chi connectivity index (χ4v) is 4.28. The smallest absolute Gasteiger partial charge is 0.258 e. The van der Waals surface area contributed by atoms with Crippen molar-refractivity contribution >= 4 is 22.4 Å². The van der Waals surface area contributed by atoms with Crippen LogP contribution in [-0.4, -0.2) is 36.9 Å². The molecule has 3 heterocycles. The van der Waals surface area contributed by atoms with Crippen LogP contribution in [0.1, 0.15) is 29.6 Å². The first-order valence-corrected chi connectivity index (χ1v) is 11.1. The number of rotatable bonds is 4. The number of benzene rings is 2. The highest BCUT2D eigenvalue weighted by atomic mass is 16.5. The number of amides is 1. The maximum atomic E-state index is 13.1. The fourth-order valence-electron chi connectivity index (χ4n) is 4.28. The molecule has 1 saturated heterocycles. The summed E-state index contributed by atoms with van der Waals surface area (Å²) in [6.45, 7) is 3.35. The zero-order valence-corrected chi connectivity index (χ0v) is 17.8. The molecule has 0 radical (unpaired) electrons. The van der Waals surface area contributed by atoms with Crippen LogP contribution in [0.15, 0.2) is 53.5 Å². The number of hydrogen-bond acceptors (Lipinski definition) is 5. The minimum atomic E-state index is -0.264. The Balaban J connectivity index is 1.39. The van der Waals surface area contributed by atoms with Gasteiger partial charge in [-0.1, -0.05) is 6.07 Å². The summed E-state index contributed by atoms with van der Waals surface area (Å²) in [5.41, 5.74) is 1.04. The number of carbonyl (C=O) groups excluding carboxylic acids is 1. The molecule has 0 unspecified atom stereocenters. The highest BCUT2D eigenvalue weighted by molar-refractivity contribution is 6.09. The number of anilines is 1. The summed E-state index contributed by atoms with van der Waals surface area (Å²) >= 11 is 0. The number of fused-ring (bicyclic) bond motifs is 2. The first-order valence-electron chi connectivity index (χ1n) is 11.1. The summed E-state index contributed by atoms with van der Waals surface area (Å²) in [6, 6.07) is 12.5. The van der Waals surface area contributed by atoms with E-state index in [0.29, 0.717) is 53.8 Å². The van der Waals surface area contributed by atoms with Crippen molar-refractivity contribution in [1.82, 2.24) is 4.57 Å². The lowest BCUT2D eigenvalue weighted by Gasteiger charge is -2.23. The summed E-state index contributed by atoms with van der Waals surface area (Å²) in [6.07, 6.45) is 4.56. The van der Waals surface area contributed by atoms with Crippen molar-refractivity contribution in [3.63, 3.8) is 0 Å². The molecule has 7 heteroatoms. The number of ether oxygens (including phenoxy) is 3. The van der Waals surface area contributed by atoms with Crippen LogP contribution in [0, 0.1) is 5.92 Å². The predicted octanol–water partition coefficient (Wildman–Crippen LogP) is 3.84. The Morgan fingerprint density at radius 1 is 0.969 bits per heavy atom. The normalized spacial score (nSPS) is 16.5. The lowest BCUT2D eigenvalue weighted by molar-refractivity contribution is 0.0610. The van der Waals surface area contributed by atoms with E-state index in [1.165, 1.54) is 0 Å². The van der Waals surface area contributed by atoms with Gasteiger partial charge in [0.05, 0.1) is 13.2 Å². The Bertz CT molecular complexity index is 1200. The molecule has 1 N–H and O–H groups in total. The van der Waals surface area contributed by atoms with Crippen LogP contribution in [-0.2, 0) is 11.3 Å². The molecule has 0 atom stereocenters. The fraction of sp³-hybridized carbons (Fsp3) is 0.360. The number of nitrogens with one attached hydrogen (secondary N) is 1. The molecule has 2 aliphatic heterocycles. The molecular weight excluding hydrogens is 408 g/mol. The highest BCUT2D eigenvalue weighted by Crippen LogP contribution is 2.31. The topological polar surface area (TPSA) is 78.8 Å². The van der Waals surface area contributed by atoms with Gasteiger partial charge in [0.2, 0.25) is 0 Å². The highest BCUT2D eigenvalue weighted by Gasteiger charge is 2.17. The molecule has 2 aromatic carbocycles. The first kappa shape index (κ1) is 20.6. The standard InChI is InChI=1S/C25H26N2O5/c28-24(18-5-6-22-23(15-18)32-12-2-11-31-22)26-21-4-1-3-20-19(21)7-10-27(25(20)29)16-17-8-13-30-14-9-17/h1,3-7,10,15,17H,2,8-9,11-14,16H2,(H,26,28). The van der Waals surface area contributed by atoms with E-state index < -0.39 is 0 Å². The number of pyridine rings is 1. The van der Waals surface area contributed by atoms with E-state index in [1.807, 2.05) is 18.3 Å². The van der Waals surface area contributed by atoms with Gasteiger partial charge in [-0.25, -0.2) is 0 Å². The van der Waals surface area contributed by atoms with E-state index in [1.54, 1.807) is 34.9 Å². The van der Waals surface area contributed by atoms with Gasteiger partial charge in [0.1, 0.15) is 0 Å². The molecule has 0 spiro atoms. The summed E-state index contributed by atoms with van der Waals surface area (Å²) < 4.78 is 18.5. The molecule has 0 aliphatic carbocycles. The lowest BCUT2D eigenvalue weighted by Crippen LogP contribution is -2.27. The largest absolute Gasteiger partial charge is 0.490 e. The molecular formula is C25H26N2O5. The lowest BCUT2D eigenvalue weighted by atomic mass is 10.00. The second-order valence-corrected chi connectivity index (χ2v) is 8.26. The molecule has 2 aliphatic rings. The summed E-state index contributed by atoms with van der Waals surface area (Å²) in [4.78, 5) is 26.0. The van der Waals surface area contributed by atoms with Gasteiger partial charge in [0, 0.05) is 54.4 Å². The van der Waals surface area contributed by atoms with Gasteiger partial charge in [-0.2, -0.15) is 0 Å². The van der Waals surface area contributed by atoms with Crippen LogP contribution in [0.25, 0.3) is 10.8 Å². The Labute approximate surface area is 185 Å². The summed E-state index contributed by atoms with van der Waals surface area (Å²) in [7, 11) is 0. The van der Waals surface area contributed by atoms with Crippen molar-refractivity contribution < 1.29 is 19.0 Å². The monoisotopic (exact) mass is 434 g/mol.